The Morgan fingerprint density at radius 2 is 1.97 bits per heavy atom. The van der Waals surface area contributed by atoms with Crippen LogP contribution >= 0.6 is 24.0 Å². The van der Waals surface area contributed by atoms with Crippen molar-refractivity contribution in [1.82, 2.24) is 30.7 Å². The number of aliphatic imine (C=N–C) groups is 1. The number of carbonyl (C=O) groups is 1. The molecule has 0 saturated carbocycles. The van der Waals surface area contributed by atoms with Crippen LogP contribution in [0.4, 0.5) is 0 Å². The fourth-order valence-corrected chi connectivity index (χ4v) is 3.74. The lowest BCUT2D eigenvalue weighted by Gasteiger charge is -2.12. The summed E-state index contributed by atoms with van der Waals surface area (Å²) >= 11 is 0. The second-order valence-electron chi connectivity index (χ2n) is 7.55. The van der Waals surface area contributed by atoms with E-state index in [2.05, 4.69) is 35.7 Å². The number of benzene rings is 1. The number of carbonyl (C=O) groups excluding carboxylic acids is 1. The summed E-state index contributed by atoms with van der Waals surface area (Å²) in [6, 6.07) is 7.70. The Bertz CT molecular complexity index is 865. The van der Waals surface area contributed by atoms with Crippen LogP contribution < -0.4 is 16.0 Å². The van der Waals surface area contributed by atoms with Gasteiger partial charge in [-0.3, -0.25) is 9.79 Å². The lowest BCUT2D eigenvalue weighted by molar-refractivity contribution is 0.0963. The quantitative estimate of drug-likeness (QED) is 0.207. The summed E-state index contributed by atoms with van der Waals surface area (Å²) in [5.41, 5.74) is 1.80. The maximum atomic E-state index is 11.8. The Hall–Kier alpha value is -2.17. The van der Waals surface area contributed by atoms with Gasteiger partial charge >= 0.3 is 0 Å². The molecule has 0 unspecified atom stereocenters. The van der Waals surface area contributed by atoms with Crippen LogP contribution in [0, 0.1) is 0 Å². The van der Waals surface area contributed by atoms with E-state index < -0.39 is 0 Å². The van der Waals surface area contributed by atoms with Gasteiger partial charge in [0.15, 0.2) is 5.96 Å². The molecule has 1 amide bonds. The number of hydrogen-bond acceptors (Lipinski definition) is 4. The number of nitrogens with one attached hydrogen (secondary N) is 3. The van der Waals surface area contributed by atoms with Crippen molar-refractivity contribution in [3.63, 3.8) is 0 Å². The van der Waals surface area contributed by atoms with E-state index in [1.807, 2.05) is 24.3 Å². The predicted molar refractivity (Wildman–Crippen MR) is 134 cm³/mol. The molecule has 0 spiro atoms. The zero-order valence-corrected chi connectivity index (χ0v) is 20.8. The summed E-state index contributed by atoms with van der Waals surface area (Å²) in [6.45, 7) is 2.62. The summed E-state index contributed by atoms with van der Waals surface area (Å²) in [7, 11) is 3.42. The van der Waals surface area contributed by atoms with Gasteiger partial charge in [-0.15, -0.1) is 34.2 Å². The Morgan fingerprint density at radius 1 is 1.13 bits per heavy atom. The van der Waals surface area contributed by atoms with Crippen LogP contribution in [0.15, 0.2) is 29.3 Å². The first kappa shape index (κ1) is 25.1. The molecule has 2 aromatic rings. The fraction of sp³-hybridized carbons (Fsp3) is 0.545. The molecule has 1 aromatic heterocycles. The second-order valence-corrected chi connectivity index (χ2v) is 7.55. The number of rotatable bonds is 8. The molecule has 1 aliphatic heterocycles. The molecule has 0 fully saturated rings. The number of fused-ring (bicyclic) bond motifs is 1. The van der Waals surface area contributed by atoms with Gasteiger partial charge in [0.25, 0.3) is 5.91 Å². The smallest absolute Gasteiger partial charge is 0.251 e. The van der Waals surface area contributed by atoms with Gasteiger partial charge in [-0.2, -0.15) is 0 Å². The highest BCUT2D eigenvalue weighted by Crippen LogP contribution is 2.15. The summed E-state index contributed by atoms with van der Waals surface area (Å²) in [4.78, 5) is 16.0. The molecule has 1 aromatic carbocycles. The third kappa shape index (κ3) is 7.48. The van der Waals surface area contributed by atoms with Crippen LogP contribution in [0.25, 0.3) is 0 Å². The molecule has 0 aliphatic carbocycles. The normalized spacial score (nSPS) is 13.5. The Labute approximate surface area is 201 Å². The minimum Gasteiger partial charge on any atom is -0.356 e. The molecule has 0 saturated heterocycles. The van der Waals surface area contributed by atoms with Crippen molar-refractivity contribution in [3.8, 4) is 0 Å². The zero-order valence-electron chi connectivity index (χ0n) is 18.5. The van der Waals surface area contributed by atoms with Crippen LogP contribution in [0.1, 0.15) is 53.3 Å². The van der Waals surface area contributed by atoms with Gasteiger partial charge in [-0.05, 0) is 43.4 Å². The highest BCUT2D eigenvalue weighted by molar-refractivity contribution is 14.0. The van der Waals surface area contributed by atoms with E-state index in [4.69, 9.17) is 0 Å². The van der Waals surface area contributed by atoms with Crippen LogP contribution in [0.3, 0.4) is 0 Å². The van der Waals surface area contributed by atoms with Gasteiger partial charge in [0, 0.05) is 52.1 Å². The van der Waals surface area contributed by atoms with Crippen LogP contribution in [0.2, 0.25) is 0 Å². The van der Waals surface area contributed by atoms with Crippen LogP contribution in [0.5, 0.6) is 0 Å². The fourth-order valence-electron chi connectivity index (χ4n) is 3.74. The molecular weight excluding hydrogens is 505 g/mol. The number of halogens is 1. The molecule has 0 atom stereocenters. The minimum absolute atomic E-state index is 0. The standard InChI is InChI=1S/C22H33N7O.HI/c1-23-21(30)18-9-6-8-17(16-18)12-14-26-22(24-2)25-13-7-11-20-28-27-19-10-4-3-5-15-29(19)20;/h6,8-9,16H,3-5,7,10-15H2,1-2H3,(H,23,30)(H2,24,25,26);1H. The van der Waals surface area contributed by atoms with E-state index in [1.54, 1.807) is 14.1 Å². The van der Waals surface area contributed by atoms with E-state index in [1.165, 1.54) is 19.3 Å². The monoisotopic (exact) mass is 539 g/mol. The first-order chi connectivity index (χ1) is 14.7. The number of aromatic nitrogens is 3. The van der Waals surface area contributed by atoms with Crippen molar-refractivity contribution in [3.05, 3.63) is 47.0 Å². The zero-order chi connectivity index (χ0) is 21.2. The van der Waals surface area contributed by atoms with Gasteiger partial charge in [0.1, 0.15) is 11.6 Å². The molecular formula is C22H34IN7O. The number of hydrogen-bond donors (Lipinski definition) is 3. The van der Waals surface area contributed by atoms with Crippen molar-refractivity contribution in [2.75, 3.05) is 27.2 Å². The third-order valence-corrected chi connectivity index (χ3v) is 5.40. The summed E-state index contributed by atoms with van der Waals surface area (Å²) in [6.07, 6.45) is 7.49. The maximum Gasteiger partial charge on any atom is 0.251 e. The predicted octanol–water partition coefficient (Wildman–Crippen LogP) is 2.32. The summed E-state index contributed by atoms with van der Waals surface area (Å²) in [5.74, 6) is 2.98. The van der Waals surface area contributed by atoms with E-state index in [0.717, 1.165) is 68.5 Å². The first-order valence-electron chi connectivity index (χ1n) is 10.9. The van der Waals surface area contributed by atoms with Gasteiger partial charge < -0.3 is 20.5 Å². The van der Waals surface area contributed by atoms with Crippen molar-refractivity contribution < 1.29 is 4.79 Å². The Balaban J connectivity index is 0.00000341. The number of amides is 1. The highest BCUT2D eigenvalue weighted by atomic mass is 127. The highest BCUT2D eigenvalue weighted by Gasteiger charge is 2.14. The van der Waals surface area contributed by atoms with Crippen LogP contribution in [-0.4, -0.2) is 53.8 Å². The Morgan fingerprint density at radius 3 is 2.77 bits per heavy atom. The lowest BCUT2D eigenvalue weighted by Crippen LogP contribution is -2.38. The number of nitrogens with zero attached hydrogens (tertiary/aromatic N) is 4. The second kappa shape index (κ2) is 13.3. The van der Waals surface area contributed by atoms with E-state index in [9.17, 15) is 4.79 Å². The molecule has 0 bridgehead atoms. The SMILES string of the molecule is CN=C(NCCCc1nnc2n1CCCCC2)NCCc1cccc(C(=O)NC)c1.I. The van der Waals surface area contributed by atoms with Gasteiger partial charge in [-0.1, -0.05) is 18.6 Å². The van der Waals surface area contributed by atoms with Crippen molar-refractivity contribution >= 4 is 35.8 Å². The topological polar surface area (TPSA) is 96.2 Å². The molecule has 2 heterocycles. The Kier molecular flexibility index (Phi) is 10.8. The lowest BCUT2D eigenvalue weighted by atomic mass is 10.1. The summed E-state index contributed by atoms with van der Waals surface area (Å²) < 4.78 is 2.31. The van der Waals surface area contributed by atoms with E-state index in [0.29, 0.717) is 5.56 Å². The molecule has 9 heteroatoms. The van der Waals surface area contributed by atoms with E-state index in [-0.39, 0.29) is 29.9 Å². The van der Waals surface area contributed by atoms with Gasteiger partial charge in [0.2, 0.25) is 0 Å². The average molecular weight is 539 g/mol. The van der Waals surface area contributed by atoms with Crippen LogP contribution in [-0.2, 0) is 25.8 Å². The molecule has 3 N–H and O–H groups in total. The van der Waals surface area contributed by atoms with E-state index >= 15 is 0 Å². The molecule has 31 heavy (non-hydrogen) atoms. The average Bonchev–Trinajstić information content (AvgIpc) is 3.00. The number of aryl methyl sites for hydroxylation is 2. The maximum absolute atomic E-state index is 11.8. The summed E-state index contributed by atoms with van der Waals surface area (Å²) in [5, 5.41) is 18.1. The van der Waals surface area contributed by atoms with Gasteiger partial charge in [0.05, 0.1) is 0 Å². The van der Waals surface area contributed by atoms with Crippen molar-refractivity contribution in [1.29, 1.82) is 0 Å². The minimum atomic E-state index is -0.0631. The molecule has 0 radical (unpaired) electrons. The van der Waals surface area contributed by atoms with Crippen molar-refractivity contribution in [2.24, 2.45) is 4.99 Å². The van der Waals surface area contributed by atoms with Gasteiger partial charge in [-0.25, -0.2) is 0 Å². The van der Waals surface area contributed by atoms with Crippen molar-refractivity contribution in [2.45, 2.75) is 51.5 Å². The third-order valence-electron chi connectivity index (χ3n) is 5.40. The molecule has 8 nitrogen and oxygen atoms in total. The molecule has 1 aliphatic rings. The largest absolute Gasteiger partial charge is 0.356 e. The molecule has 170 valence electrons. The number of guanidine groups is 1. The first-order valence-corrected chi connectivity index (χ1v) is 10.9. The molecule has 3 rings (SSSR count).